The molecule has 1 amide bonds. The number of likely N-dealkylation sites (tertiary alicyclic amines) is 1. The molecule has 1 N–H and O–H groups in total. The highest BCUT2D eigenvalue weighted by molar-refractivity contribution is 7.89. The largest absolute Gasteiger partial charge is 0.461 e. The fourth-order valence-corrected chi connectivity index (χ4v) is 5.12. The third-order valence-corrected chi connectivity index (χ3v) is 7.19. The van der Waals surface area contributed by atoms with Gasteiger partial charge in [0.05, 0.1) is 4.90 Å². The van der Waals surface area contributed by atoms with Gasteiger partial charge in [-0.25, -0.2) is 17.5 Å². The van der Waals surface area contributed by atoms with Crippen LogP contribution >= 0.6 is 0 Å². The second kappa shape index (κ2) is 8.35. The fraction of sp³-hybridized carbons (Fsp3) is 0.409. The first-order valence-electron chi connectivity index (χ1n) is 10.2. The molecule has 30 heavy (non-hydrogen) atoms. The van der Waals surface area contributed by atoms with E-state index in [9.17, 15) is 17.6 Å². The summed E-state index contributed by atoms with van der Waals surface area (Å²) in [4.78, 5) is 14.1. The molecule has 1 aliphatic heterocycles. The van der Waals surface area contributed by atoms with E-state index < -0.39 is 21.9 Å². The van der Waals surface area contributed by atoms with Crippen molar-refractivity contribution in [3.63, 3.8) is 0 Å². The first kappa shape index (κ1) is 20.8. The summed E-state index contributed by atoms with van der Waals surface area (Å²) in [5.74, 6) is 1.92. The van der Waals surface area contributed by atoms with Gasteiger partial charge in [-0.2, -0.15) is 0 Å². The van der Waals surface area contributed by atoms with Gasteiger partial charge in [0.25, 0.3) is 0 Å². The summed E-state index contributed by atoms with van der Waals surface area (Å²) < 4.78 is 46.8. The number of sulfonamides is 1. The Morgan fingerprint density at radius 1 is 1.30 bits per heavy atom. The Bertz CT molecular complexity index is 1060. The molecule has 8 heteroatoms. The number of rotatable bonds is 6. The molecule has 0 radical (unpaired) electrons. The molecule has 1 saturated carbocycles. The monoisotopic (exact) mass is 432 g/mol. The minimum absolute atomic E-state index is 0.121. The molecule has 0 spiro atoms. The molecule has 2 heterocycles. The van der Waals surface area contributed by atoms with E-state index in [0.29, 0.717) is 37.0 Å². The number of hydrogen-bond donors (Lipinski definition) is 1. The van der Waals surface area contributed by atoms with Gasteiger partial charge in [0.15, 0.2) is 0 Å². The van der Waals surface area contributed by atoms with Gasteiger partial charge >= 0.3 is 0 Å². The molecule has 160 valence electrons. The van der Waals surface area contributed by atoms with Crippen molar-refractivity contribution in [1.29, 1.82) is 0 Å². The van der Waals surface area contributed by atoms with Gasteiger partial charge in [0, 0.05) is 31.1 Å². The van der Waals surface area contributed by atoms with E-state index in [4.69, 9.17) is 4.42 Å². The fourth-order valence-electron chi connectivity index (χ4n) is 3.83. The summed E-state index contributed by atoms with van der Waals surface area (Å²) in [5, 5.41) is 0. The van der Waals surface area contributed by atoms with Crippen LogP contribution in [0.3, 0.4) is 0 Å². The maximum atomic E-state index is 13.4. The Labute approximate surface area is 175 Å². The standard InChI is InChI=1S/C22H25FN2O4S/c1-15-12-20(15)21-9-7-18(29-21)8-10-22(26)25-11-3-5-17(14-25)24-30(27,28)19-6-2-4-16(23)13-19/h2,4,6-10,13,15,17,20,24H,3,5,11-12,14H2,1H3/b10-8+. The van der Waals surface area contributed by atoms with Gasteiger partial charge in [0.2, 0.25) is 15.9 Å². The molecule has 0 bridgehead atoms. The number of piperidine rings is 1. The van der Waals surface area contributed by atoms with E-state index in [-0.39, 0.29) is 17.3 Å². The van der Waals surface area contributed by atoms with E-state index in [0.717, 1.165) is 18.2 Å². The second-order valence-electron chi connectivity index (χ2n) is 8.10. The van der Waals surface area contributed by atoms with Gasteiger partial charge in [-0.3, -0.25) is 4.79 Å². The summed E-state index contributed by atoms with van der Waals surface area (Å²) in [6.07, 6.45) is 5.54. The Morgan fingerprint density at radius 3 is 2.83 bits per heavy atom. The molecule has 1 aromatic heterocycles. The predicted molar refractivity (Wildman–Crippen MR) is 111 cm³/mol. The van der Waals surface area contributed by atoms with Crippen LogP contribution in [0.2, 0.25) is 0 Å². The Balaban J connectivity index is 1.36. The zero-order valence-electron chi connectivity index (χ0n) is 16.8. The van der Waals surface area contributed by atoms with E-state index in [1.807, 2.05) is 12.1 Å². The van der Waals surface area contributed by atoms with Crippen molar-refractivity contribution >= 4 is 22.0 Å². The van der Waals surface area contributed by atoms with Crippen LogP contribution in [0.25, 0.3) is 6.08 Å². The van der Waals surface area contributed by atoms with Crippen molar-refractivity contribution in [3.8, 4) is 0 Å². The van der Waals surface area contributed by atoms with Crippen LogP contribution < -0.4 is 4.72 Å². The molecule has 3 unspecified atom stereocenters. The van der Waals surface area contributed by atoms with Gasteiger partial charge in [0.1, 0.15) is 17.3 Å². The van der Waals surface area contributed by atoms with Crippen LogP contribution in [0.4, 0.5) is 4.39 Å². The highest BCUT2D eigenvalue weighted by Gasteiger charge is 2.36. The van der Waals surface area contributed by atoms with Crippen LogP contribution in [0, 0.1) is 11.7 Å². The van der Waals surface area contributed by atoms with Gasteiger partial charge in [-0.1, -0.05) is 13.0 Å². The quantitative estimate of drug-likeness (QED) is 0.709. The third kappa shape index (κ3) is 4.82. The molecular weight excluding hydrogens is 407 g/mol. The summed E-state index contributed by atoms with van der Waals surface area (Å²) in [7, 11) is -3.85. The molecule has 1 aromatic carbocycles. The topological polar surface area (TPSA) is 79.6 Å². The van der Waals surface area contributed by atoms with Crippen molar-refractivity contribution in [2.75, 3.05) is 13.1 Å². The lowest BCUT2D eigenvalue weighted by Gasteiger charge is -2.32. The van der Waals surface area contributed by atoms with Crippen LogP contribution in [-0.2, 0) is 14.8 Å². The van der Waals surface area contributed by atoms with E-state index in [1.54, 1.807) is 11.0 Å². The van der Waals surface area contributed by atoms with E-state index in [1.165, 1.54) is 24.3 Å². The molecule has 1 saturated heterocycles. The van der Waals surface area contributed by atoms with Crippen LogP contribution in [0.1, 0.15) is 43.6 Å². The molecular formula is C22H25FN2O4S. The molecule has 1 aliphatic carbocycles. The summed E-state index contributed by atoms with van der Waals surface area (Å²) >= 11 is 0. The normalized spacial score (nSPS) is 24.3. The van der Waals surface area contributed by atoms with Gasteiger partial charge in [-0.05, 0) is 61.6 Å². The zero-order valence-corrected chi connectivity index (χ0v) is 17.6. The smallest absolute Gasteiger partial charge is 0.246 e. The Hall–Kier alpha value is -2.45. The number of carbonyl (C=O) groups excluding carboxylic acids is 1. The average Bonchev–Trinajstić information content (AvgIpc) is 3.25. The third-order valence-electron chi connectivity index (χ3n) is 5.67. The van der Waals surface area contributed by atoms with Crippen molar-refractivity contribution in [2.24, 2.45) is 5.92 Å². The predicted octanol–water partition coefficient (Wildman–Crippen LogP) is 3.52. The second-order valence-corrected chi connectivity index (χ2v) is 9.81. The van der Waals surface area contributed by atoms with Crippen LogP contribution in [0.5, 0.6) is 0 Å². The lowest BCUT2D eigenvalue weighted by Crippen LogP contribution is -2.49. The summed E-state index contributed by atoms with van der Waals surface area (Å²) in [6, 6.07) is 8.27. The molecule has 4 rings (SSSR count). The minimum atomic E-state index is -3.85. The summed E-state index contributed by atoms with van der Waals surface area (Å²) in [6.45, 7) is 3.01. The first-order chi connectivity index (χ1) is 14.3. The molecule has 2 fully saturated rings. The van der Waals surface area contributed by atoms with E-state index >= 15 is 0 Å². The number of benzene rings is 1. The van der Waals surface area contributed by atoms with E-state index in [2.05, 4.69) is 11.6 Å². The Morgan fingerprint density at radius 2 is 2.10 bits per heavy atom. The van der Waals surface area contributed by atoms with Crippen molar-refractivity contribution in [3.05, 3.63) is 59.8 Å². The highest BCUT2D eigenvalue weighted by Crippen LogP contribution is 2.47. The molecule has 3 atom stereocenters. The van der Waals surface area contributed by atoms with Crippen molar-refractivity contribution in [2.45, 2.75) is 43.0 Å². The SMILES string of the molecule is CC1CC1c1ccc(/C=C/C(=O)N2CCCC(NS(=O)(=O)c3cccc(F)c3)C2)o1. The van der Waals surface area contributed by atoms with Gasteiger partial charge < -0.3 is 9.32 Å². The zero-order chi connectivity index (χ0) is 21.3. The maximum Gasteiger partial charge on any atom is 0.246 e. The van der Waals surface area contributed by atoms with Crippen LogP contribution in [-0.4, -0.2) is 38.4 Å². The maximum absolute atomic E-state index is 13.4. The number of hydrogen-bond acceptors (Lipinski definition) is 4. The lowest BCUT2D eigenvalue weighted by atomic mass is 10.1. The summed E-state index contributed by atoms with van der Waals surface area (Å²) in [5.41, 5.74) is 0. The van der Waals surface area contributed by atoms with Crippen molar-refractivity contribution in [1.82, 2.24) is 9.62 Å². The highest BCUT2D eigenvalue weighted by atomic mass is 32.2. The lowest BCUT2D eigenvalue weighted by molar-refractivity contribution is -0.127. The average molecular weight is 433 g/mol. The van der Waals surface area contributed by atoms with Gasteiger partial charge in [-0.15, -0.1) is 0 Å². The number of nitrogens with zero attached hydrogens (tertiary/aromatic N) is 1. The molecule has 2 aliphatic rings. The van der Waals surface area contributed by atoms with Crippen molar-refractivity contribution < 1.29 is 22.0 Å². The Kier molecular flexibility index (Phi) is 5.79. The number of amides is 1. The molecule has 6 nitrogen and oxygen atoms in total. The molecule has 2 aromatic rings. The number of nitrogens with one attached hydrogen (secondary N) is 1. The number of halogens is 1. The number of carbonyl (C=O) groups is 1. The minimum Gasteiger partial charge on any atom is -0.461 e. The van der Waals surface area contributed by atoms with Crippen LogP contribution in [0.15, 0.2) is 51.8 Å². The first-order valence-corrected chi connectivity index (χ1v) is 11.6. The number of furan rings is 1.